The Hall–Kier alpha value is -3.00. The number of hydrogen-bond acceptors (Lipinski definition) is 6. The van der Waals surface area contributed by atoms with Gasteiger partial charge in [-0.15, -0.1) is 0 Å². The van der Waals surface area contributed by atoms with Gasteiger partial charge in [0.1, 0.15) is 17.3 Å². The molecule has 0 spiro atoms. The van der Waals surface area contributed by atoms with Crippen LogP contribution in [-0.2, 0) is 0 Å². The molecule has 1 aromatic carbocycles. The van der Waals surface area contributed by atoms with Gasteiger partial charge in [-0.1, -0.05) is 6.07 Å². The number of benzene rings is 1. The lowest BCUT2D eigenvalue weighted by Gasteiger charge is -2.34. The average Bonchev–Trinajstić information content (AvgIpc) is 2.83. The lowest BCUT2D eigenvalue weighted by Crippen LogP contribution is -2.49. The predicted molar refractivity (Wildman–Crippen MR) is 128 cm³/mol. The van der Waals surface area contributed by atoms with E-state index in [4.69, 9.17) is 9.47 Å². The van der Waals surface area contributed by atoms with E-state index in [1.165, 1.54) is 5.56 Å². The maximum Gasteiger partial charge on any atom is 0.191 e. The molecule has 174 valence electrons. The van der Waals surface area contributed by atoms with Gasteiger partial charge < -0.3 is 30.1 Å². The van der Waals surface area contributed by atoms with Gasteiger partial charge in [-0.3, -0.25) is 4.99 Å². The van der Waals surface area contributed by atoms with Gasteiger partial charge in [0.05, 0.1) is 26.9 Å². The fraction of sp³-hybridized carbons (Fsp3) is 0.500. The molecule has 0 saturated carbocycles. The van der Waals surface area contributed by atoms with E-state index >= 15 is 0 Å². The van der Waals surface area contributed by atoms with Crippen LogP contribution < -0.4 is 25.0 Å². The summed E-state index contributed by atoms with van der Waals surface area (Å²) in [5, 5.41) is 17.5. The van der Waals surface area contributed by atoms with Crippen molar-refractivity contribution in [3.8, 4) is 11.5 Å². The number of aromatic nitrogens is 1. The minimum Gasteiger partial charge on any atom is -0.497 e. The third kappa shape index (κ3) is 6.50. The van der Waals surface area contributed by atoms with Gasteiger partial charge in [0.15, 0.2) is 5.96 Å². The van der Waals surface area contributed by atoms with Crippen molar-refractivity contribution in [2.24, 2.45) is 4.99 Å². The van der Waals surface area contributed by atoms with Gasteiger partial charge in [0, 0.05) is 37.9 Å². The normalized spacial score (nSPS) is 15.9. The van der Waals surface area contributed by atoms with Gasteiger partial charge in [-0.25, -0.2) is 4.98 Å². The first kappa shape index (κ1) is 23.7. The molecule has 1 aliphatic heterocycles. The molecule has 8 heteroatoms. The highest BCUT2D eigenvalue weighted by molar-refractivity contribution is 5.80. The van der Waals surface area contributed by atoms with Crippen LogP contribution in [0.3, 0.4) is 0 Å². The highest BCUT2D eigenvalue weighted by Gasteiger charge is 2.21. The van der Waals surface area contributed by atoms with E-state index in [9.17, 15) is 5.11 Å². The van der Waals surface area contributed by atoms with Gasteiger partial charge in [-0.2, -0.15) is 0 Å². The van der Waals surface area contributed by atoms with Crippen molar-refractivity contribution in [1.82, 2.24) is 15.6 Å². The van der Waals surface area contributed by atoms with E-state index in [2.05, 4.69) is 44.6 Å². The SMILES string of the molecule is CCNC(=NCC(O)c1cc(OC)cc(OC)c1)NC1CCN(c2ccc(C)cn2)CC1. The van der Waals surface area contributed by atoms with Crippen LogP contribution in [0, 0.1) is 6.92 Å². The Balaban J connectivity index is 1.57. The zero-order valence-electron chi connectivity index (χ0n) is 19.5. The van der Waals surface area contributed by atoms with Crippen molar-refractivity contribution in [2.45, 2.75) is 38.8 Å². The van der Waals surface area contributed by atoms with Crippen LogP contribution in [0.1, 0.15) is 37.0 Å². The van der Waals surface area contributed by atoms with Gasteiger partial charge in [0.25, 0.3) is 0 Å². The summed E-state index contributed by atoms with van der Waals surface area (Å²) in [6.45, 7) is 6.96. The second-order valence-corrected chi connectivity index (χ2v) is 7.98. The summed E-state index contributed by atoms with van der Waals surface area (Å²) < 4.78 is 10.6. The highest BCUT2D eigenvalue weighted by Crippen LogP contribution is 2.26. The molecule has 1 aromatic heterocycles. The third-order valence-electron chi connectivity index (χ3n) is 5.58. The number of aliphatic hydroxyl groups is 1. The Labute approximate surface area is 190 Å². The van der Waals surface area contributed by atoms with Crippen LogP contribution in [-0.4, -0.2) is 62.5 Å². The fourth-order valence-corrected chi connectivity index (χ4v) is 3.72. The van der Waals surface area contributed by atoms with Gasteiger partial charge >= 0.3 is 0 Å². The standard InChI is InChI=1S/C24H35N5O3/c1-5-25-24(27-16-22(30)18-12-20(31-3)14-21(13-18)32-4)28-19-8-10-29(11-9-19)23-7-6-17(2)15-26-23/h6-7,12-15,19,22,30H,5,8-11,16H2,1-4H3,(H2,25,27,28). The van der Waals surface area contributed by atoms with Crippen molar-refractivity contribution in [3.63, 3.8) is 0 Å². The monoisotopic (exact) mass is 441 g/mol. The topological polar surface area (TPSA) is 91.2 Å². The number of ether oxygens (including phenoxy) is 2. The number of pyridine rings is 1. The molecule has 1 unspecified atom stereocenters. The van der Waals surface area contributed by atoms with Crippen molar-refractivity contribution in [1.29, 1.82) is 0 Å². The number of piperidine rings is 1. The summed E-state index contributed by atoms with van der Waals surface area (Å²) in [5.41, 5.74) is 1.88. The number of methoxy groups -OCH3 is 2. The molecular weight excluding hydrogens is 406 g/mol. The zero-order chi connectivity index (χ0) is 22.9. The summed E-state index contributed by atoms with van der Waals surface area (Å²) in [4.78, 5) is 11.5. The van der Waals surface area contributed by atoms with E-state index in [0.29, 0.717) is 29.1 Å². The number of anilines is 1. The summed E-state index contributed by atoms with van der Waals surface area (Å²) in [6.07, 6.45) is 3.15. The molecule has 3 N–H and O–H groups in total. The first-order valence-electron chi connectivity index (χ1n) is 11.2. The maximum atomic E-state index is 10.7. The smallest absolute Gasteiger partial charge is 0.191 e. The number of aliphatic imine (C=N–C) groups is 1. The lowest BCUT2D eigenvalue weighted by molar-refractivity contribution is 0.186. The largest absolute Gasteiger partial charge is 0.497 e. The number of aryl methyl sites for hydroxylation is 1. The quantitative estimate of drug-likeness (QED) is 0.429. The number of guanidine groups is 1. The van der Waals surface area contributed by atoms with E-state index in [1.54, 1.807) is 32.4 Å². The summed E-state index contributed by atoms with van der Waals surface area (Å²) in [6, 6.07) is 9.90. The molecule has 0 aliphatic carbocycles. The summed E-state index contributed by atoms with van der Waals surface area (Å²) in [7, 11) is 3.19. The van der Waals surface area contributed by atoms with E-state index < -0.39 is 6.10 Å². The van der Waals surface area contributed by atoms with Crippen LogP contribution in [0.5, 0.6) is 11.5 Å². The molecule has 3 rings (SSSR count). The molecule has 2 heterocycles. The summed E-state index contributed by atoms with van der Waals surface area (Å²) >= 11 is 0. The molecule has 1 atom stereocenters. The van der Waals surface area contributed by atoms with Crippen LogP contribution in [0.4, 0.5) is 5.82 Å². The number of aliphatic hydroxyl groups excluding tert-OH is 1. The molecule has 8 nitrogen and oxygen atoms in total. The van der Waals surface area contributed by atoms with Crippen LogP contribution in [0.25, 0.3) is 0 Å². The number of rotatable bonds is 8. The molecule has 32 heavy (non-hydrogen) atoms. The molecule has 0 radical (unpaired) electrons. The average molecular weight is 442 g/mol. The van der Waals surface area contributed by atoms with Crippen LogP contribution in [0.2, 0.25) is 0 Å². The minimum atomic E-state index is -0.760. The number of hydrogen-bond donors (Lipinski definition) is 3. The molecular formula is C24H35N5O3. The molecule has 1 fully saturated rings. The Morgan fingerprint density at radius 3 is 2.44 bits per heavy atom. The Kier molecular flexibility index (Phi) is 8.56. The second kappa shape index (κ2) is 11.6. The van der Waals surface area contributed by atoms with Crippen molar-refractivity contribution < 1.29 is 14.6 Å². The highest BCUT2D eigenvalue weighted by atomic mass is 16.5. The minimum absolute atomic E-state index is 0.234. The van der Waals surface area contributed by atoms with Crippen LogP contribution >= 0.6 is 0 Å². The van der Waals surface area contributed by atoms with E-state index in [-0.39, 0.29) is 6.54 Å². The van der Waals surface area contributed by atoms with Crippen molar-refractivity contribution in [2.75, 3.05) is 45.3 Å². The zero-order valence-corrected chi connectivity index (χ0v) is 19.5. The molecule has 0 bridgehead atoms. The third-order valence-corrected chi connectivity index (χ3v) is 5.58. The van der Waals surface area contributed by atoms with Gasteiger partial charge in [-0.05, 0) is 56.0 Å². The van der Waals surface area contributed by atoms with Crippen molar-refractivity contribution >= 4 is 11.8 Å². The molecule has 1 aliphatic rings. The molecule has 2 aromatic rings. The Morgan fingerprint density at radius 2 is 1.88 bits per heavy atom. The molecule has 1 saturated heterocycles. The fourth-order valence-electron chi connectivity index (χ4n) is 3.72. The first-order chi connectivity index (χ1) is 15.5. The van der Waals surface area contributed by atoms with E-state index in [1.807, 2.05) is 13.1 Å². The molecule has 0 amide bonds. The number of nitrogens with one attached hydrogen (secondary N) is 2. The lowest BCUT2D eigenvalue weighted by atomic mass is 10.1. The predicted octanol–water partition coefficient (Wildman–Crippen LogP) is 2.66. The Morgan fingerprint density at radius 1 is 1.19 bits per heavy atom. The van der Waals surface area contributed by atoms with E-state index in [0.717, 1.165) is 38.3 Å². The van der Waals surface area contributed by atoms with Crippen LogP contribution in [0.15, 0.2) is 41.5 Å². The second-order valence-electron chi connectivity index (χ2n) is 7.98. The number of nitrogens with zero attached hydrogens (tertiary/aromatic N) is 3. The van der Waals surface area contributed by atoms with Crippen molar-refractivity contribution in [3.05, 3.63) is 47.7 Å². The first-order valence-corrected chi connectivity index (χ1v) is 11.2. The summed E-state index contributed by atoms with van der Waals surface area (Å²) in [5.74, 6) is 3.03. The van der Waals surface area contributed by atoms with Gasteiger partial charge in [0.2, 0.25) is 0 Å². The Bertz CT molecular complexity index is 857. The maximum absolute atomic E-state index is 10.7.